The van der Waals surface area contributed by atoms with E-state index in [2.05, 4.69) is 27.0 Å². The molecule has 0 unspecified atom stereocenters. The number of benzene rings is 2. The molecule has 4 aromatic rings. The van der Waals surface area contributed by atoms with Crippen molar-refractivity contribution in [1.82, 2.24) is 25.0 Å². The minimum Gasteiger partial charge on any atom is -0.339 e. The molecule has 1 amide bonds. The lowest BCUT2D eigenvalue weighted by Gasteiger charge is -2.16. The number of nitrogens with one attached hydrogen (secondary N) is 1. The Morgan fingerprint density at radius 1 is 1.10 bits per heavy atom. The number of aromatic nitrogens is 4. The predicted octanol–water partition coefficient (Wildman–Crippen LogP) is 3.13. The average Bonchev–Trinajstić information content (AvgIpc) is 3.26. The number of para-hydroxylation sites is 1. The van der Waals surface area contributed by atoms with Gasteiger partial charge in [0.15, 0.2) is 0 Å². The first-order valence-electron chi connectivity index (χ1n) is 10.2. The Morgan fingerprint density at radius 2 is 1.87 bits per heavy atom. The third-order valence-corrected chi connectivity index (χ3v) is 5.12. The van der Waals surface area contributed by atoms with Crippen molar-refractivity contribution in [2.75, 3.05) is 7.05 Å². The number of carbonyl (C=O) groups excluding carboxylic acids is 1. The van der Waals surface area contributed by atoms with Crippen molar-refractivity contribution in [2.24, 2.45) is 0 Å². The molecule has 158 valence electrons. The van der Waals surface area contributed by atoms with Crippen LogP contribution >= 0.6 is 0 Å². The molecular formula is C23H23N5O3. The van der Waals surface area contributed by atoms with Gasteiger partial charge in [-0.2, -0.15) is 4.98 Å². The number of hydrogen-bond donors (Lipinski definition) is 1. The molecule has 0 aliphatic heterocycles. The normalized spacial score (nSPS) is 11.0. The van der Waals surface area contributed by atoms with Crippen LogP contribution in [-0.4, -0.2) is 38.0 Å². The van der Waals surface area contributed by atoms with E-state index in [4.69, 9.17) is 4.52 Å². The highest BCUT2D eigenvalue weighted by molar-refractivity contribution is 5.77. The first-order valence-corrected chi connectivity index (χ1v) is 10.2. The number of amides is 1. The van der Waals surface area contributed by atoms with Crippen molar-refractivity contribution in [2.45, 2.75) is 32.7 Å². The fourth-order valence-corrected chi connectivity index (χ4v) is 3.29. The van der Waals surface area contributed by atoms with Gasteiger partial charge in [-0.3, -0.25) is 9.59 Å². The number of hydrogen-bond acceptors (Lipinski definition) is 6. The first-order chi connectivity index (χ1) is 15.0. The maximum absolute atomic E-state index is 12.5. The molecule has 31 heavy (non-hydrogen) atoms. The molecule has 2 aromatic carbocycles. The van der Waals surface area contributed by atoms with Crippen molar-refractivity contribution in [3.05, 3.63) is 76.2 Å². The van der Waals surface area contributed by atoms with Crippen LogP contribution in [0.5, 0.6) is 0 Å². The maximum Gasteiger partial charge on any atom is 0.258 e. The summed E-state index contributed by atoms with van der Waals surface area (Å²) < 4.78 is 5.30. The smallest absolute Gasteiger partial charge is 0.258 e. The van der Waals surface area contributed by atoms with Crippen LogP contribution in [0.4, 0.5) is 0 Å². The molecule has 4 rings (SSSR count). The van der Waals surface area contributed by atoms with Crippen molar-refractivity contribution in [1.29, 1.82) is 0 Å². The standard InChI is InChI=1S/C23H23N5O3/c1-3-15-8-10-16(11-9-15)22-26-20(31-27-22)12-13-21(29)28(2)14-19-24-18-7-5-4-6-17(18)23(30)25-19/h4-11H,3,12-14H2,1-2H3,(H,24,25,30). The topological polar surface area (TPSA) is 105 Å². The minimum atomic E-state index is -0.216. The van der Waals surface area contributed by atoms with Crippen LogP contribution in [0.15, 0.2) is 57.8 Å². The Labute approximate surface area is 178 Å². The lowest BCUT2D eigenvalue weighted by molar-refractivity contribution is -0.130. The van der Waals surface area contributed by atoms with E-state index in [-0.39, 0.29) is 24.4 Å². The molecule has 2 heterocycles. The van der Waals surface area contributed by atoms with Crippen molar-refractivity contribution in [3.8, 4) is 11.4 Å². The second kappa shape index (κ2) is 8.91. The Morgan fingerprint density at radius 3 is 2.65 bits per heavy atom. The molecule has 8 heteroatoms. The van der Waals surface area contributed by atoms with Crippen LogP contribution in [0.25, 0.3) is 22.3 Å². The van der Waals surface area contributed by atoms with E-state index in [0.717, 1.165) is 12.0 Å². The van der Waals surface area contributed by atoms with Gasteiger partial charge >= 0.3 is 0 Å². The molecular weight excluding hydrogens is 394 g/mol. The summed E-state index contributed by atoms with van der Waals surface area (Å²) >= 11 is 0. The quantitative estimate of drug-likeness (QED) is 0.495. The van der Waals surface area contributed by atoms with Gasteiger partial charge < -0.3 is 14.4 Å². The van der Waals surface area contributed by atoms with Gasteiger partial charge in [0.05, 0.1) is 17.4 Å². The fourth-order valence-electron chi connectivity index (χ4n) is 3.29. The van der Waals surface area contributed by atoms with Crippen LogP contribution in [0.2, 0.25) is 0 Å². The highest BCUT2D eigenvalue weighted by atomic mass is 16.5. The third kappa shape index (κ3) is 4.69. The maximum atomic E-state index is 12.5. The number of H-pyrrole nitrogens is 1. The van der Waals surface area contributed by atoms with Crippen molar-refractivity contribution >= 4 is 16.8 Å². The Hall–Kier alpha value is -3.81. The van der Waals surface area contributed by atoms with Gasteiger partial charge in [0.2, 0.25) is 17.6 Å². The summed E-state index contributed by atoms with van der Waals surface area (Å²) in [6.45, 7) is 2.31. The van der Waals surface area contributed by atoms with Gasteiger partial charge in [-0.15, -0.1) is 0 Å². The number of fused-ring (bicyclic) bond motifs is 1. The van der Waals surface area contributed by atoms with Crippen LogP contribution in [0, 0.1) is 0 Å². The summed E-state index contributed by atoms with van der Waals surface area (Å²) in [5, 5.41) is 4.54. The lowest BCUT2D eigenvalue weighted by Crippen LogP contribution is -2.28. The average molecular weight is 417 g/mol. The van der Waals surface area contributed by atoms with E-state index in [1.54, 1.807) is 25.2 Å². The van der Waals surface area contributed by atoms with Crippen molar-refractivity contribution in [3.63, 3.8) is 0 Å². The minimum absolute atomic E-state index is 0.108. The number of aryl methyl sites for hydroxylation is 2. The van der Waals surface area contributed by atoms with Gasteiger partial charge in [-0.1, -0.05) is 48.5 Å². The van der Waals surface area contributed by atoms with Gasteiger partial charge in [0, 0.05) is 25.5 Å². The summed E-state index contributed by atoms with van der Waals surface area (Å²) in [6, 6.07) is 15.1. The van der Waals surface area contributed by atoms with Crippen LogP contribution in [-0.2, 0) is 24.2 Å². The largest absolute Gasteiger partial charge is 0.339 e. The Bertz CT molecular complexity index is 1260. The highest BCUT2D eigenvalue weighted by Gasteiger charge is 2.15. The number of aromatic amines is 1. The Kier molecular flexibility index (Phi) is 5.88. The SMILES string of the molecule is CCc1ccc(-c2noc(CCC(=O)N(C)Cc3nc4ccccc4c(=O)[nH]3)n2)cc1. The number of nitrogens with zero attached hydrogens (tertiary/aromatic N) is 4. The van der Waals surface area contributed by atoms with Gasteiger partial charge in [0.1, 0.15) is 5.82 Å². The molecule has 0 spiro atoms. The molecule has 0 aliphatic carbocycles. The molecule has 0 fully saturated rings. The second-order valence-electron chi connectivity index (χ2n) is 7.34. The third-order valence-electron chi connectivity index (χ3n) is 5.12. The van der Waals surface area contributed by atoms with Gasteiger partial charge in [-0.25, -0.2) is 4.98 Å². The molecule has 2 aromatic heterocycles. The first kappa shape index (κ1) is 20.5. The Balaban J connectivity index is 1.36. The summed E-state index contributed by atoms with van der Waals surface area (Å²) in [4.78, 5) is 37.8. The molecule has 8 nitrogen and oxygen atoms in total. The molecule has 0 bridgehead atoms. The van der Waals surface area contributed by atoms with Crippen LogP contribution in [0.3, 0.4) is 0 Å². The molecule has 0 aliphatic rings. The molecule has 0 saturated heterocycles. The summed E-state index contributed by atoms with van der Waals surface area (Å²) in [5.41, 5.74) is 2.50. The monoisotopic (exact) mass is 417 g/mol. The number of rotatable bonds is 7. The van der Waals surface area contributed by atoms with Gasteiger partial charge in [-0.05, 0) is 24.1 Å². The summed E-state index contributed by atoms with van der Waals surface area (Å²) in [5.74, 6) is 1.25. The molecule has 0 radical (unpaired) electrons. The summed E-state index contributed by atoms with van der Waals surface area (Å²) in [7, 11) is 1.67. The second-order valence-corrected chi connectivity index (χ2v) is 7.34. The summed E-state index contributed by atoms with van der Waals surface area (Å²) in [6.07, 6.45) is 1.52. The molecule has 0 saturated carbocycles. The number of carbonyl (C=O) groups is 1. The van der Waals surface area contributed by atoms with E-state index < -0.39 is 0 Å². The zero-order chi connectivity index (χ0) is 21.8. The molecule has 1 N–H and O–H groups in total. The zero-order valence-corrected chi connectivity index (χ0v) is 17.5. The van der Waals surface area contributed by atoms with E-state index >= 15 is 0 Å². The van der Waals surface area contributed by atoms with Gasteiger partial charge in [0.25, 0.3) is 5.56 Å². The van der Waals surface area contributed by atoms with E-state index in [9.17, 15) is 9.59 Å². The fraction of sp³-hybridized carbons (Fsp3) is 0.261. The van der Waals surface area contributed by atoms with E-state index in [0.29, 0.717) is 34.9 Å². The van der Waals surface area contributed by atoms with E-state index in [1.807, 2.05) is 30.3 Å². The highest BCUT2D eigenvalue weighted by Crippen LogP contribution is 2.17. The molecule has 0 atom stereocenters. The lowest BCUT2D eigenvalue weighted by atomic mass is 10.1. The van der Waals surface area contributed by atoms with Crippen molar-refractivity contribution < 1.29 is 9.32 Å². The van der Waals surface area contributed by atoms with Crippen LogP contribution in [0.1, 0.15) is 30.6 Å². The van der Waals surface area contributed by atoms with E-state index in [1.165, 1.54) is 10.5 Å². The zero-order valence-electron chi connectivity index (χ0n) is 17.5. The predicted molar refractivity (Wildman–Crippen MR) is 116 cm³/mol. The van der Waals surface area contributed by atoms with Crippen LogP contribution < -0.4 is 5.56 Å².